The smallest absolute Gasteiger partial charge is 0.339 e. The Bertz CT molecular complexity index is 1270. The van der Waals surface area contributed by atoms with E-state index in [4.69, 9.17) is 9.47 Å². The van der Waals surface area contributed by atoms with E-state index < -0.39 is 27.0 Å². The highest BCUT2D eigenvalue weighted by atomic mass is 32.2. The second kappa shape index (κ2) is 36.9. The molecule has 0 aliphatic heterocycles. The molecule has 0 fully saturated rings. The van der Waals surface area contributed by atoms with E-state index in [0.29, 0.717) is 12.8 Å². The highest BCUT2D eigenvalue weighted by Gasteiger charge is 2.23. The molecule has 0 heterocycles. The first-order valence-electron chi connectivity index (χ1n) is 23.1. The predicted molar refractivity (Wildman–Crippen MR) is 234 cm³/mol. The third-order valence-corrected chi connectivity index (χ3v) is 11.4. The van der Waals surface area contributed by atoms with Crippen molar-refractivity contribution in [3.8, 4) is 0 Å². The summed E-state index contributed by atoms with van der Waals surface area (Å²) in [6.45, 7) is 4.90. The van der Waals surface area contributed by atoms with Gasteiger partial charge in [-0.05, 0) is 82.4 Å². The van der Waals surface area contributed by atoms with Gasteiger partial charge in [-0.25, -0.2) is 9.59 Å². The summed E-state index contributed by atoms with van der Waals surface area (Å²) in [6.07, 6.45) is 48.0. The summed E-state index contributed by atoms with van der Waals surface area (Å²) in [5.41, 5.74) is -0.280. The van der Waals surface area contributed by atoms with E-state index in [0.717, 1.165) is 63.5 Å². The van der Waals surface area contributed by atoms with E-state index in [1.807, 2.05) is 0 Å². The van der Waals surface area contributed by atoms with Crippen LogP contribution in [0.3, 0.4) is 0 Å². The lowest BCUT2D eigenvalue weighted by molar-refractivity contribution is 0.0450. The lowest BCUT2D eigenvalue weighted by Crippen LogP contribution is -2.16. The lowest BCUT2D eigenvalue weighted by Gasteiger charge is -2.11. The molecule has 0 amide bonds. The molecule has 1 aromatic rings. The van der Waals surface area contributed by atoms with Crippen LogP contribution in [0.4, 0.5) is 0 Å². The van der Waals surface area contributed by atoms with E-state index in [1.165, 1.54) is 147 Å². The molecule has 0 aromatic heterocycles. The number of carbonyl (C=O) groups is 2. The van der Waals surface area contributed by atoms with Crippen molar-refractivity contribution in [2.75, 3.05) is 13.2 Å². The van der Waals surface area contributed by atoms with Gasteiger partial charge in [0.2, 0.25) is 0 Å². The van der Waals surface area contributed by atoms with Crippen LogP contribution in [-0.2, 0) is 19.6 Å². The zero-order chi connectivity index (χ0) is 40.8. The molecule has 7 nitrogen and oxygen atoms in total. The molecule has 0 atom stereocenters. The molecule has 8 heteroatoms. The van der Waals surface area contributed by atoms with Crippen molar-refractivity contribution in [1.82, 2.24) is 0 Å². The number of ether oxygens (including phenoxy) is 2. The molecule has 0 spiro atoms. The van der Waals surface area contributed by atoms with Gasteiger partial charge in [-0.2, -0.15) is 8.42 Å². The highest BCUT2D eigenvalue weighted by Crippen LogP contribution is 2.20. The monoisotopic (exact) mass is 803 g/mol. The Morgan fingerprint density at radius 1 is 0.464 bits per heavy atom. The van der Waals surface area contributed by atoms with Gasteiger partial charge in [0.15, 0.2) is 0 Å². The van der Waals surface area contributed by atoms with Gasteiger partial charge < -0.3 is 9.47 Å². The van der Waals surface area contributed by atoms with Crippen LogP contribution in [0.2, 0.25) is 0 Å². The third-order valence-electron chi connectivity index (χ3n) is 10.5. The first-order chi connectivity index (χ1) is 27.3. The maximum Gasteiger partial charge on any atom is 0.339 e. The maximum atomic E-state index is 13.0. The van der Waals surface area contributed by atoms with Crippen LogP contribution in [0.5, 0.6) is 0 Å². The molecule has 0 bridgehead atoms. The molecule has 1 aromatic carbocycles. The Hall–Kier alpha value is -2.45. The zero-order valence-corrected chi connectivity index (χ0v) is 36.7. The second-order valence-corrected chi connectivity index (χ2v) is 17.2. The van der Waals surface area contributed by atoms with E-state index in [1.54, 1.807) is 0 Å². The van der Waals surface area contributed by atoms with Crippen molar-refractivity contribution in [3.05, 3.63) is 53.6 Å². The number of carbonyl (C=O) groups excluding carboxylic acids is 2. The summed E-state index contributed by atoms with van der Waals surface area (Å²) < 4.78 is 44.0. The SMILES string of the molecule is CCCCCCCCCC/C=C/CCCCCCCCOC(=O)c1ccc(S(=O)(=O)O)cc1C(=O)OCCCCCCCC/C=C/CCCCCCCCCC. The summed E-state index contributed by atoms with van der Waals surface area (Å²) in [5, 5.41) is 0. The molecule has 322 valence electrons. The normalized spacial score (nSPS) is 11.9. The minimum atomic E-state index is -4.57. The third kappa shape index (κ3) is 29.7. The van der Waals surface area contributed by atoms with Crippen LogP contribution in [0.15, 0.2) is 47.4 Å². The van der Waals surface area contributed by atoms with Crippen LogP contribution in [0.25, 0.3) is 0 Å². The van der Waals surface area contributed by atoms with E-state index in [2.05, 4.69) is 38.2 Å². The average Bonchev–Trinajstić information content (AvgIpc) is 3.18. The van der Waals surface area contributed by atoms with E-state index in [9.17, 15) is 22.6 Å². The Balaban J connectivity index is 2.21. The van der Waals surface area contributed by atoms with Gasteiger partial charge in [0.1, 0.15) is 0 Å². The second-order valence-electron chi connectivity index (χ2n) is 15.7. The molecular weight excluding hydrogens is 721 g/mol. The number of hydrogen-bond acceptors (Lipinski definition) is 6. The van der Waals surface area contributed by atoms with Gasteiger partial charge in [0.05, 0.1) is 29.2 Å². The number of esters is 2. The van der Waals surface area contributed by atoms with Crippen LogP contribution in [0.1, 0.15) is 240 Å². The van der Waals surface area contributed by atoms with Gasteiger partial charge in [-0.1, -0.05) is 179 Å². The number of benzene rings is 1. The fraction of sp³-hybridized carbons (Fsp3) is 0.750. The van der Waals surface area contributed by atoms with Crippen molar-refractivity contribution in [1.29, 1.82) is 0 Å². The average molecular weight is 803 g/mol. The summed E-state index contributed by atoms with van der Waals surface area (Å²) in [4.78, 5) is 25.4. The standard InChI is InChI=1S/C48H82O7S/c1-3-5-7-9-11-13-15-17-19-21-23-25-27-29-31-33-35-37-41-54-47(49)45-40-39-44(56(51,52)53)43-46(45)48(50)55-42-38-36-34-32-30-28-26-24-22-20-18-16-14-12-10-8-6-4-2/h21-24,39-40,43H,3-20,25-38,41-42H2,1-2H3,(H,51,52,53)/b23-21+,24-22+. The Morgan fingerprint density at radius 2 is 0.768 bits per heavy atom. The van der Waals surface area contributed by atoms with Crippen molar-refractivity contribution < 1.29 is 32.0 Å². The molecule has 0 unspecified atom stereocenters. The Labute approximate surface area is 344 Å². The summed E-state index contributed by atoms with van der Waals surface area (Å²) >= 11 is 0. The highest BCUT2D eigenvalue weighted by molar-refractivity contribution is 7.85. The first-order valence-corrected chi connectivity index (χ1v) is 24.5. The molecule has 0 saturated heterocycles. The van der Waals surface area contributed by atoms with E-state index in [-0.39, 0.29) is 24.3 Å². The van der Waals surface area contributed by atoms with Crippen LogP contribution in [-0.4, -0.2) is 38.1 Å². The number of hydrogen-bond donors (Lipinski definition) is 1. The van der Waals surface area contributed by atoms with Gasteiger partial charge in [0, 0.05) is 0 Å². The maximum absolute atomic E-state index is 13.0. The Kier molecular flexibility index (Phi) is 33.9. The van der Waals surface area contributed by atoms with Gasteiger partial charge >= 0.3 is 11.9 Å². The summed E-state index contributed by atoms with van der Waals surface area (Å²) in [5.74, 6) is -1.51. The largest absolute Gasteiger partial charge is 0.462 e. The van der Waals surface area contributed by atoms with Crippen LogP contribution in [0, 0.1) is 0 Å². The van der Waals surface area contributed by atoms with Crippen molar-refractivity contribution in [3.63, 3.8) is 0 Å². The van der Waals surface area contributed by atoms with Crippen molar-refractivity contribution in [2.24, 2.45) is 0 Å². The topological polar surface area (TPSA) is 107 Å². The molecular formula is C48H82O7S. The fourth-order valence-corrected chi connectivity index (χ4v) is 7.43. The van der Waals surface area contributed by atoms with Gasteiger partial charge in [-0.3, -0.25) is 4.55 Å². The Morgan fingerprint density at radius 3 is 1.11 bits per heavy atom. The molecule has 0 radical (unpaired) electrons. The minimum absolute atomic E-state index is 0.0651. The molecule has 0 aliphatic rings. The molecule has 0 saturated carbocycles. The number of allylic oxidation sites excluding steroid dienone is 4. The van der Waals surface area contributed by atoms with Crippen molar-refractivity contribution in [2.45, 2.75) is 224 Å². The van der Waals surface area contributed by atoms with Crippen molar-refractivity contribution >= 4 is 22.1 Å². The molecule has 0 aliphatic carbocycles. The fourth-order valence-electron chi connectivity index (χ4n) is 6.92. The van der Waals surface area contributed by atoms with E-state index >= 15 is 0 Å². The summed E-state index contributed by atoms with van der Waals surface area (Å²) in [7, 11) is -4.57. The summed E-state index contributed by atoms with van der Waals surface area (Å²) in [6, 6.07) is 3.29. The van der Waals surface area contributed by atoms with Gasteiger partial charge in [-0.15, -0.1) is 0 Å². The van der Waals surface area contributed by atoms with Crippen LogP contribution >= 0.6 is 0 Å². The first kappa shape index (κ1) is 51.6. The lowest BCUT2D eigenvalue weighted by atomic mass is 10.1. The molecule has 1 rings (SSSR count). The molecule has 1 N–H and O–H groups in total. The quantitative estimate of drug-likeness (QED) is 0.0306. The predicted octanol–water partition coefficient (Wildman–Crippen LogP) is 14.9. The minimum Gasteiger partial charge on any atom is -0.462 e. The zero-order valence-electron chi connectivity index (χ0n) is 35.9. The molecule has 56 heavy (non-hydrogen) atoms. The number of rotatable bonds is 39. The van der Waals surface area contributed by atoms with Crippen LogP contribution < -0.4 is 0 Å². The van der Waals surface area contributed by atoms with Gasteiger partial charge in [0.25, 0.3) is 10.1 Å². The number of unbranched alkanes of at least 4 members (excludes halogenated alkanes) is 28.